The summed E-state index contributed by atoms with van der Waals surface area (Å²) in [4.78, 5) is 26.8. The largest absolute Gasteiger partial charge is 0.382 e. The number of benzene rings is 1. The molecule has 1 aromatic rings. The van der Waals surface area contributed by atoms with Crippen LogP contribution in [0.5, 0.6) is 0 Å². The van der Waals surface area contributed by atoms with E-state index in [0.717, 1.165) is 23.2 Å². The van der Waals surface area contributed by atoms with Gasteiger partial charge < -0.3 is 20.3 Å². The Labute approximate surface area is 137 Å². The molecular weight excluding hydrogens is 294 g/mol. The van der Waals surface area contributed by atoms with Crippen LogP contribution in [0.2, 0.25) is 0 Å². The predicted octanol–water partition coefficient (Wildman–Crippen LogP) is 2.06. The third kappa shape index (κ3) is 3.17. The molecule has 1 atom stereocenters. The molecule has 0 aliphatic carbocycles. The van der Waals surface area contributed by atoms with Crippen LogP contribution in [0.1, 0.15) is 24.0 Å². The highest BCUT2D eigenvalue weighted by molar-refractivity contribution is 5.97. The van der Waals surface area contributed by atoms with Gasteiger partial charge in [0.25, 0.3) is 0 Å². The zero-order valence-electron chi connectivity index (χ0n) is 14.2. The first-order valence-electron chi connectivity index (χ1n) is 7.82. The van der Waals surface area contributed by atoms with Crippen molar-refractivity contribution in [1.82, 2.24) is 10.2 Å². The lowest BCUT2D eigenvalue weighted by Gasteiger charge is -2.36. The molecule has 2 rings (SSSR count). The molecule has 1 saturated heterocycles. The SMILES string of the molecule is CNC(=O)[C@@]1(COC)CCCN1C(=O)Nc1c(C)cccc1C. The Kier molecular flexibility index (Phi) is 5.26. The van der Waals surface area contributed by atoms with Gasteiger partial charge in [-0.2, -0.15) is 0 Å². The molecule has 1 heterocycles. The number of nitrogens with one attached hydrogen (secondary N) is 2. The predicted molar refractivity (Wildman–Crippen MR) is 89.5 cm³/mol. The van der Waals surface area contributed by atoms with Gasteiger partial charge in [-0.05, 0) is 37.8 Å². The first-order valence-corrected chi connectivity index (χ1v) is 7.82. The molecule has 0 saturated carbocycles. The molecule has 3 amide bonds. The highest BCUT2D eigenvalue weighted by Gasteiger charge is 2.49. The summed E-state index contributed by atoms with van der Waals surface area (Å²) in [7, 11) is 3.13. The van der Waals surface area contributed by atoms with E-state index >= 15 is 0 Å². The number of methoxy groups -OCH3 is 1. The quantitative estimate of drug-likeness (QED) is 0.892. The highest BCUT2D eigenvalue weighted by Crippen LogP contribution is 2.31. The second-order valence-electron chi connectivity index (χ2n) is 6.00. The number of carbonyl (C=O) groups excluding carboxylic acids is 2. The van der Waals surface area contributed by atoms with Gasteiger partial charge in [0.15, 0.2) is 0 Å². The third-order valence-electron chi connectivity index (χ3n) is 4.48. The maximum absolute atomic E-state index is 12.8. The summed E-state index contributed by atoms with van der Waals surface area (Å²) in [5, 5.41) is 5.63. The van der Waals surface area contributed by atoms with E-state index in [1.165, 1.54) is 0 Å². The van der Waals surface area contributed by atoms with E-state index in [0.29, 0.717) is 13.0 Å². The van der Waals surface area contributed by atoms with Crippen molar-refractivity contribution in [3.8, 4) is 0 Å². The fourth-order valence-electron chi connectivity index (χ4n) is 3.28. The van der Waals surface area contributed by atoms with Crippen LogP contribution < -0.4 is 10.6 Å². The smallest absolute Gasteiger partial charge is 0.322 e. The molecule has 6 nitrogen and oxygen atoms in total. The number of urea groups is 1. The average Bonchev–Trinajstić information content (AvgIpc) is 2.95. The van der Waals surface area contributed by atoms with Crippen LogP contribution in [0.3, 0.4) is 0 Å². The van der Waals surface area contributed by atoms with Gasteiger partial charge in [0.1, 0.15) is 5.54 Å². The maximum Gasteiger partial charge on any atom is 0.322 e. The average molecular weight is 319 g/mol. The molecule has 126 valence electrons. The topological polar surface area (TPSA) is 70.7 Å². The third-order valence-corrected chi connectivity index (χ3v) is 4.48. The number of likely N-dealkylation sites (N-methyl/N-ethyl adjacent to an activating group) is 1. The molecule has 1 fully saturated rings. The van der Waals surface area contributed by atoms with Gasteiger partial charge in [-0.15, -0.1) is 0 Å². The van der Waals surface area contributed by atoms with E-state index in [9.17, 15) is 9.59 Å². The number of amides is 3. The van der Waals surface area contributed by atoms with Crippen molar-refractivity contribution in [3.05, 3.63) is 29.3 Å². The Hall–Kier alpha value is -2.08. The van der Waals surface area contributed by atoms with Gasteiger partial charge in [-0.1, -0.05) is 18.2 Å². The van der Waals surface area contributed by atoms with Crippen molar-refractivity contribution < 1.29 is 14.3 Å². The van der Waals surface area contributed by atoms with Crippen molar-refractivity contribution in [1.29, 1.82) is 0 Å². The molecular formula is C17H25N3O3. The van der Waals surface area contributed by atoms with Crippen molar-refractivity contribution in [2.24, 2.45) is 0 Å². The van der Waals surface area contributed by atoms with Crippen molar-refractivity contribution in [3.63, 3.8) is 0 Å². The second-order valence-corrected chi connectivity index (χ2v) is 6.00. The molecule has 1 aliphatic rings. The Bertz CT molecular complexity index is 582. The highest BCUT2D eigenvalue weighted by atomic mass is 16.5. The van der Waals surface area contributed by atoms with E-state index in [4.69, 9.17) is 4.74 Å². The molecule has 0 spiro atoms. The van der Waals surface area contributed by atoms with Crippen LogP contribution in [0, 0.1) is 13.8 Å². The molecule has 0 unspecified atom stereocenters. The molecule has 1 aromatic carbocycles. The van der Waals surface area contributed by atoms with Crippen molar-refractivity contribution >= 4 is 17.6 Å². The van der Waals surface area contributed by atoms with E-state index in [1.54, 1.807) is 19.1 Å². The summed E-state index contributed by atoms with van der Waals surface area (Å²) in [5.41, 5.74) is 1.85. The Balaban J connectivity index is 2.28. The van der Waals surface area contributed by atoms with Gasteiger partial charge in [0.05, 0.1) is 6.61 Å². The lowest BCUT2D eigenvalue weighted by molar-refractivity contribution is -0.132. The number of likely N-dealkylation sites (tertiary alicyclic amines) is 1. The van der Waals surface area contributed by atoms with Crippen LogP contribution >= 0.6 is 0 Å². The molecule has 0 aromatic heterocycles. The number of hydrogen-bond acceptors (Lipinski definition) is 3. The van der Waals surface area contributed by atoms with Crippen LogP contribution in [0.4, 0.5) is 10.5 Å². The lowest BCUT2D eigenvalue weighted by Crippen LogP contribution is -2.60. The summed E-state index contributed by atoms with van der Waals surface area (Å²) in [6.45, 7) is 4.63. The minimum absolute atomic E-state index is 0.187. The molecule has 23 heavy (non-hydrogen) atoms. The van der Waals surface area contributed by atoms with Gasteiger partial charge in [-0.3, -0.25) is 4.79 Å². The Morgan fingerprint density at radius 2 is 1.96 bits per heavy atom. The summed E-state index contributed by atoms with van der Waals surface area (Å²) >= 11 is 0. The number of ether oxygens (including phenoxy) is 1. The van der Waals surface area contributed by atoms with Gasteiger partial charge >= 0.3 is 6.03 Å². The number of rotatable bonds is 4. The fraction of sp³-hybridized carbons (Fsp3) is 0.529. The number of hydrogen-bond donors (Lipinski definition) is 2. The fourth-order valence-corrected chi connectivity index (χ4v) is 3.28. The summed E-state index contributed by atoms with van der Waals surface area (Å²) in [6.07, 6.45) is 1.37. The van der Waals surface area contributed by atoms with Gasteiger partial charge in [-0.25, -0.2) is 4.79 Å². The minimum atomic E-state index is -0.940. The van der Waals surface area contributed by atoms with Crippen LogP contribution in [-0.4, -0.2) is 49.7 Å². The zero-order chi connectivity index (χ0) is 17.0. The van der Waals surface area contributed by atoms with Gasteiger partial charge in [0.2, 0.25) is 5.91 Å². The zero-order valence-corrected chi connectivity index (χ0v) is 14.2. The first-order chi connectivity index (χ1) is 11.0. The summed E-state index contributed by atoms with van der Waals surface area (Å²) < 4.78 is 5.25. The molecule has 0 radical (unpaired) electrons. The lowest BCUT2D eigenvalue weighted by atomic mass is 9.96. The van der Waals surface area contributed by atoms with Gasteiger partial charge in [0, 0.05) is 26.4 Å². The molecule has 0 bridgehead atoms. The summed E-state index contributed by atoms with van der Waals surface area (Å²) in [5.74, 6) is -0.187. The number of carbonyl (C=O) groups is 2. The Morgan fingerprint density at radius 3 is 2.52 bits per heavy atom. The number of aryl methyl sites for hydroxylation is 2. The maximum atomic E-state index is 12.8. The van der Waals surface area contributed by atoms with Crippen molar-refractivity contribution in [2.45, 2.75) is 32.2 Å². The van der Waals surface area contributed by atoms with Crippen LogP contribution in [0.25, 0.3) is 0 Å². The van der Waals surface area contributed by atoms with E-state index in [1.807, 2.05) is 32.0 Å². The molecule has 2 N–H and O–H groups in total. The van der Waals surface area contributed by atoms with E-state index in [2.05, 4.69) is 10.6 Å². The number of anilines is 1. The minimum Gasteiger partial charge on any atom is -0.382 e. The van der Waals surface area contributed by atoms with E-state index < -0.39 is 5.54 Å². The molecule has 6 heteroatoms. The molecule has 1 aliphatic heterocycles. The Morgan fingerprint density at radius 1 is 1.30 bits per heavy atom. The number of nitrogens with zero attached hydrogens (tertiary/aromatic N) is 1. The van der Waals surface area contributed by atoms with E-state index in [-0.39, 0.29) is 18.5 Å². The number of para-hydroxylation sites is 1. The van der Waals surface area contributed by atoms with Crippen LogP contribution in [0.15, 0.2) is 18.2 Å². The normalized spacial score (nSPS) is 20.4. The monoisotopic (exact) mass is 319 g/mol. The van der Waals surface area contributed by atoms with Crippen molar-refractivity contribution in [2.75, 3.05) is 32.6 Å². The first kappa shape index (κ1) is 17.3. The second kappa shape index (κ2) is 7.00. The summed E-state index contributed by atoms with van der Waals surface area (Å²) in [6, 6.07) is 5.60. The van der Waals surface area contributed by atoms with Crippen LogP contribution in [-0.2, 0) is 9.53 Å². The standard InChI is InChI=1S/C17H25N3O3/c1-12-7-5-8-13(2)14(12)19-16(22)20-10-6-9-17(20,11-23-4)15(21)18-3/h5,7-8H,6,9-11H2,1-4H3,(H,18,21)(H,19,22)/t17-/m0/s1.